The summed E-state index contributed by atoms with van der Waals surface area (Å²) in [5.41, 5.74) is 1.25. The number of hydrogen-bond donors (Lipinski definition) is 2. The summed E-state index contributed by atoms with van der Waals surface area (Å²) in [5.74, 6) is 1.80. The summed E-state index contributed by atoms with van der Waals surface area (Å²) in [7, 11) is 0. The number of ether oxygens (including phenoxy) is 1. The molecule has 1 fully saturated rings. The molecule has 2 rings (SSSR count). The van der Waals surface area contributed by atoms with Gasteiger partial charge in [0.05, 0.1) is 6.54 Å². The monoisotopic (exact) mass is 346 g/mol. The Morgan fingerprint density at radius 3 is 2.60 bits per heavy atom. The molecule has 0 aromatic heterocycles. The number of nitrogens with zero attached hydrogens (tertiary/aromatic N) is 2. The predicted octanol–water partition coefficient (Wildman–Crippen LogP) is 2.80. The maximum absolute atomic E-state index is 5.74. The standard InChI is InChI=1S/C20H34N4O/c1-3-21-20(22-12-4-5-14-24-15-6-7-16-24)23-13-17-25-19-10-8-18(2)9-11-19/h8-11H,3-7,12-17H2,1-2H3,(H2,21,22,23). The highest BCUT2D eigenvalue weighted by molar-refractivity contribution is 5.79. The van der Waals surface area contributed by atoms with Gasteiger partial charge in [-0.25, -0.2) is 0 Å². The fraction of sp³-hybridized carbons (Fsp3) is 0.650. The first kappa shape index (κ1) is 19.6. The van der Waals surface area contributed by atoms with Gasteiger partial charge in [0.2, 0.25) is 0 Å². The number of guanidine groups is 1. The van der Waals surface area contributed by atoms with Gasteiger partial charge in [0, 0.05) is 13.1 Å². The number of aliphatic imine (C=N–C) groups is 1. The molecule has 1 aromatic rings. The van der Waals surface area contributed by atoms with Crippen LogP contribution in [0.25, 0.3) is 0 Å². The molecule has 0 aliphatic carbocycles. The Morgan fingerprint density at radius 1 is 1.12 bits per heavy atom. The van der Waals surface area contributed by atoms with E-state index in [1.165, 1.54) is 44.5 Å². The second-order valence-corrected chi connectivity index (χ2v) is 6.60. The average Bonchev–Trinajstić information content (AvgIpc) is 3.13. The lowest BCUT2D eigenvalue weighted by molar-refractivity contribution is 0.321. The van der Waals surface area contributed by atoms with Crippen LogP contribution in [0.1, 0.15) is 38.2 Å². The van der Waals surface area contributed by atoms with E-state index < -0.39 is 0 Å². The Morgan fingerprint density at radius 2 is 1.88 bits per heavy atom. The third-order valence-corrected chi connectivity index (χ3v) is 4.38. The fourth-order valence-corrected chi connectivity index (χ4v) is 2.96. The van der Waals surface area contributed by atoms with Crippen molar-refractivity contribution in [3.05, 3.63) is 29.8 Å². The first-order valence-electron chi connectivity index (χ1n) is 9.72. The second kappa shape index (κ2) is 11.7. The molecule has 1 aliphatic heterocycles. The summed E-state index contributed by atoms with van der Waals surface area (Å²) in [5, 5.41) is 6.63. The zero-order valence-corrected chi connectivity index (χ0v) is 15.9. The van der Waals surface area contributed by atoms with Crippen LogP contribution in [-0.2, 0) is 0 Å². The van der Waals surface area contributed by atoms with Gasteiger partial charge in [-0.1, -0.05) is 17.7 Å². The van der Waals surface area contributed by atoms with Crippen molar-refractivity contribution < 1.29 is 4.74 Å². The van der Waals surface area contributed by atoms with Gasteiger partial charge in [-0.3, -0.25) is 4.99 Å². The smallest absolute Gasteiger partial charge is 0.191 e. The van der Waals surface area contributed by atoms with E-state index in [1.807, 2.05) is 12.1 Å². The molecule has 1 heterocycles. The first-order chi connectivity index (χ1) is 12.3. The van der Waals surface area contributed by atoms with Crippen LogP contribution in [0, 0.1) is 6.92 Å². The van der Waals surface area contributed by atoms with E-state index in [2.05, 4.69) is 46.5 Å². The Balaban J connectivity index is 1.58. The van der Waals surface area contributed by atoms with Crippen LogP contribution in [0.5, 0.6) is 5.75 Å². The molecule has 0 saturated carbocycles. The topological polar surface area (TPSA) is 48.9 Å². The largest absolute Gasteiger partial charge is 0.492 e. The molecule has 0 radical (unpaired) electrons. The SMILES string of the molecule is CCNC(=NCCCCN1CCCC1)NCCOc1ccc(C)cc1. The van der Waals surface area contributed by atoms with E-state index in [4.69, 9.17) is 4.74 Å². The maximum atomic E-state index is 5.74. The summed E-state index contributed by atoms with van der Waals surface area (Å²) >= 11 is 0. The molecule has 25 heavy (non-hydrogen) atoms. The molecule has 1 aromatic carbocycles. The van der Waals surface area contributed by atoms with E-state index >= 15 is 0 Å². The lowest BCUT2D eigenvalue weighted by Gasteiger charge is -2.14. The van der Waals surface area contributed by atoms with Gasteiger partial charge in [0.25, 0.3) is 0 Å². The summed E-state index contributed by atoms with van der Waals surface area (Å²) in [4.78, 5) is 7.22. The van der Waals surface area contributed by atoms with E-state index in [-0.39, 0.29) is 0 Å². The molecule has 0 atom stereocenters. The lowest BCUT2D eigenvalue weighted by Crippen LogP contribution is -2.39. The molecule has 5 heteroatoms. The van der Waals surface area contributed by atoms with Crippen molar-refractivity contribution in [2.45, 2.75) is 39.5 Å². The Hall–Kier alpha value is -1.75. The summed E-state index contributed by atoms with van der Waals surface area (Å²) in [6, 6.07) is 8.15. The van der Waals surface area contributed by atoms with E-state index in [0.29, 0.717) is 6.61 Å². The van der Waals surface area contributed by atoms with Gasteiger partial charge >= 0.3 is 0 Å². The van der Waals surface area contributed by atoms with Gasteiger partial charge < -0.3 is 20.3 Å². The third kappa shape index (κ3) is 8.25. The Labute approximate surface area is 152 Å². The molecular formula is C20H34N4O. The van der Waals surface area contributed by atoms with Crippen molar-refractivity contribution in [1.29, 1.82) is 0 Å². The normalized spacial score (nSPS) is 15.4. The van der Waals surface area contributed by atoms with Crippen molar-refractivity contribution in [3.63, 3.8) is 0 Å². The molecule has 0 amide bonds. The fourth-order valence-electron chi connectivity index (χ4n) is 2.96. The van der Waals surface area contributed by atoms with E-state index in [9.17, 15) is 0 Å². The lowest BCUT2D eigenvalue weighted by atomic mass is 10.2. The number of aryl methyl sites for hydroxylation is 1. The molecule has 2 N–H and O–H groups in total. The van der Waals surface area contributed by atoms with Gasteiger partial charge in [-0.05, 0) is 71.3 Å². The first-order valence-corrected chi connectivity index (χ1v) is 9.72. The number of unbranched alkanes of at least 4 members (excludes halogenated alkanes) is 1. The zero-order valence-electron chi connectivity index (χ0n) is 15.9. The minimum Gasteiger partial charge on any atom is -0.492 e. The summed E-state index contributed by atoms with van der Waals surface area (Å²) in [6.45, 7) is 11.1. The second-order valence-electron chi connectivity index (χ2n) is 6.60. The van der Waals surface area contributed by atoms with Crippen LogP contribution >= 0.6 is 0 Å². The zero-order chi connectivity index (χ0) is 17.7. The van der Waals surface area contributed by atoms with Crippen molar-refractivity contribution in [1.82, 2.24) is 15.5 Å². The highest BCUT2D eigenvalue weighted by Gasteiger charge is 2.09. The molecule has 1 aliphatic rings. The highest BCUT2D eigenvalue weighted by atomic mass is 16.5. The number of likely N-dealkylation sites (tertiary alicyclic amines) is 1. The number of rotatable bonds is 10. The maximum Gasteiger partial charge on any atom is 0.191 e. The molecule has 5 nitrogen and oxygen atoms in total. The van der Waals surface area contributed by atoms with Crippen molar-refractivity contribution in [2.24, 2.45) is 4.99 Å². The molecular weight excluding hydrogens is 312 g/mol. The average molecular weight is 347 g/mol. The summed E-state index contributed by atoms with van der Waals surface area (Å²) < 4.78 is 5.74. The summed E-state index contributed by atoms with van der Waals surface area (Å²) in [6.07, 6.45) is 5.13. The van der Waals surface area contributed by atoms with Gasteiger partial charge in [-0.15, -0.1) is 0 Å². The van der Waals surface area contributed by atoms with Crippen LogP contribution in [0.4, 0.5) is 0 Å². The molecule has 0 bridgehead atoms. The van der Waals surface area contributed by atoms with Crippen LogP contribution in [-0.4, -0.2) is 56.7 Å². The molecule has 140 valence electrons. The molecule has 0 spiro atoms. The van der Waals surface area contributed by atoms with Crippen molar-refractivity contribution in [2.75, 3.05) is 45.9 Å². The Bertz CT molecular complexity index is 495. The minimum absolute atomic E-state index is 0.627. The van der Waals surface area contributed by atoms with Crippen molar-refractivity contribution in [3.8, 4) is 5.75 Å². The predicted molar refractivity (Wildman–Crippen MR) is 106 cm³/mol. The minimum atomic E-state index is 0.627. The van der Waals surface area contributed by atoms with E-state index in [0.717, 1.165) is 37.8 Å². The van der Waals surface area contributed by atoms with Gasteiger partial charge in [0.15, 0.2) is 5.96 Å². The molecule has 1 saturated heterocycles. The van der Waals surface area contributed by atoms with Crippen LogP contribution in [0.15, 0.2) is 29.3 Å². The van der Waals surface area contributed by atoms with Gasteiger partial charge in [0.1, 0.15) is 12.4 Å². The number of nitrogens with one attached hydrogen (secondary N) is 2. The van der Waals surface area contributed by atoms with Crippen LogP contribution in [0.3, 0.4) is 0 Å². The van der Waals surface area contributed by atoms with Crippen molar-refractivity contribution >= 4 is 5.96 Å². The van der Waals surface area contributed by atoms with Crippen LogP contribution < -0.4 is 15.4 Å². The molecule has 0 unspecified atom stereocenters. The quantitative estimate of drug-likeness (QED) is 0.389. The van der Waals surface area contributed by atoms with Gasteiger partial charge in [-0.2, -0.15) is 0 Å². The third-order valence-electron chi connectivity index (χ3n) is 4.38. The van der Waals surface area contributed by atoms with E-state index in [1.54, 1.807) is 0 Å². The van der Waals surface area contributed by atoms with Crippen LogP contribution in [0.2, 0.25) is 0 Å². The number of hydrogen-bond acceptors (Lipinski definition) is 3. The highest BCUT2D eigenvalue weighted by Crippen LogP contribution is 2.10. The number of benzene rings is 1. The Kier molecular flexibility index (Phi) is 9.19.